The van der Waals surface area contributed by atoms with Crippen LogP contribution in [0.25, 0.3) is 6.08 Å². The van der Waals surface area contributed by atoms with Crippen LogP contribution < -0.4 is 0 Å². The molecule has 0 saturated heterocycles. The average Bonchev–Trinajstić information content (AvgIpc) is 2.74. The van der Waals surface area contributed by atoms with Crippen LogP contribution in [0.1, 0.15) is 21.1 Å². The van der Waals surface area contributed by atoms with Crippen LogP contribution >= 0.6 is 11.3 Å². The number of ether oxygens (including phenoxy) is 1. The zero-order chi connectivity index (χ0) is 14.5. The second kappa shape index (κ2) is 6.43. The minimum absolute atomic E-state index is 0.226. The van der Waals surface area contributed by atoms with E-state index in [4.69, 9.17) is 4.74 Å². The quantitative estimate of drug-likeness (QED) is 0.637. The van der Waals surface area contributed by atoms with E-state index in [1.165, 1.54) is 29.5 Å². The monoisotopic (exact) mass is 291 g/mol. The first-order valence-electron chi connectivity index (χ1n) is 6.08. The van der Waals surface area contributed by atoms with Crippen LogP contribution in [-0.4, -0.2) is 11.0 Å². The number of thiazole rings is 1. The van der Waals surface area contributed by atoms with Crippen molar-refractivity contribution < 1.29 is 13.9 Å². The van der Waals surface area contributed by atoms with Gasteiger partial charge >= 0.3 is 5.97 Å². The highest BCUT2D eigenvalue weighted by atomic mass is 32.1. The molecule has 5 heteroatoms. The summed E-state index contributed by atoms with van der Waals surface area (Å²) in [6.07, 6.45) is 2.92. The van der Waals surface area contributed by atoms with E-state index in [-0.39, 0.29) is 12.4 Å². The Morgan fingerprint density at radius 3 is 2.65 bits per heavy atom. The summed E-state index contributed by atoms with van der Waals surface area (Å²) in [4.78, 5) is 16.8. The summed E-state index contributed by atoms with van der Waals surface area (Å²) in [5, 5.41) is 0.954. The molecule has 0 amide bonds. The highest BCUT2D eigenvalue weighted by Gasteiger charge is 2.06. The summed E-state index contributed by atoms with van der Waals surface area (Å²) < 4.78 is 17.9. The molecule has 0 spiro atoms. The molecule has 0 aliphatic heterocycles. The standard InChI is InChI=1S/C15H14FNO2S/c1-10-14(20-11(2)17-10)9-19-15(18)8-5-12-3-6-13(16)7-4-12/h3-8H,9H2,1-2H3/b8-5+. The Morgan fingerprint density at radius 2 is 2.05 bits per heavy atom. The number of carbonyl (C=O) groups is 1. The van der Waals surface area contributed by atoms with Gasteiger partial charge < -0.3 is 4.74 Å². The lowest BCUT2D eigenvalue weighted by Gasteiger charge is -2.00. The van der Waals surface area contributed by atoms with Crippen LogP contribution in [0, 0.1) is 19.7 Å². The third-order valence-corrected chi connectivity index (χ3v) is 3.67. The van der Waals surface area contributed by atoms with Crippen molar-refractivity contribution in [3.8, 4) is 0 Å². The van der Waals surface area contributed by atoms with Crippen LogP contribution in [-0.2, 0) is 16.1 Å². The smallest absolute Gasteiger partial charge is 0.331 e. The first-order valence-corrected chi connectivity index (χ1v) is 6.89. The van der Waals surface area contributed by atoms with Crippen LogP contribution in [0.3, 0.4) is 0 Å². The van der Waals surface area contributed by atoms with Gasteiger partial charge in [-0.2, -0.15) is 0 Å². The number of nitrogens with zero attached hydrogens (tertiary/aromatic N) is 1. The van der Waals surface area contributed by atoms with Gasteiger partial charge in [0, 0.05) is 6.08 Å². The Labute approximate surface area is 120 Å². The fourth-order valence-corrected chi connectivity index (χ4v) is 2.48. The first-order chi connectivity index (χ1) is 9.54. The Morgan fingerprint density at radius 1 is 1.35 bits per heavy atom. The predicted molar refractivity (Wildman–Crippen MR) is 76.8 cm³/mol. The summed E-state index contributed by atoms with van der Waals surface area (Å²) in [5.74, 6) is -0.736. The van der Waals surface area contributed by atoms with Crippen molar-refractivity contribution >= 4 is 23.4 Å². The number of benzene rings is 1. The van der Waals surface area contributed by atoms with Gasteiger partial charge in [0.25, 0.3) is 0 Å². The Balaban J connectivity index is 1.89. The van der Waals surface area contributed by atoms with Gasteiger partial charge in [-0.05, 0) is 37.6 Å². The molecule has 20 heavy (non-hydrogen) atoms. The van der Waals surface area contributed by atoms with E-state index < -0.39 is 5.97 Å². The number of aryl methyl sites for hydroxylation is 2. The Bertz CT molecular complexity index is 632. The molecule has 0 bridgehead atoms. The zero-order valence-electron chi connectivity index (χ0n) is 11.2. The lowest BCUT2D eigenvalue weighted by molar-refractivity contribution is -0.138. The second-order valence-electron chi connectivity index (χ2n) is 4.23. The minimum atomic E-state index is -0.431. The maximum Gasteiger partial charge on any atom is 0.331 e. The number of hydrogen-bond donors (Lipinski definition) is 0. The van der Waals surface area contributed by atoms with Gasteiger partial charge in [-0.3, -0.25) is 0 Å². The summed E-state index contributed by atoms with van der Waals surface area (Å²) in [7, 11) is 0. The molecule has 0 atom stereocenters. The number of aromatic nitrogens is 1. The second-order valence-corrected chi connectivity index (χ2v) is 5.52. The molecule has 2 rings (SSSR count). The SMILES string of the molecule is Cc1nc(C)c(COC(=O)/C=C/c2ccc(F)cc2)s1. The molecule has 0 fully saturated rings. The summed E-state index contributed by atoms with van der Waals surface area (Å²) in [5.41, 5.74) is 1.64. The van der Waals surface area contributed by atoms with E-state index in [2.05, 4.69) is 4.98 Å². The topological polar surface area (TPSA) is 39.2 Å². The maximum atomic E-state index is 12.7. The highest BCUT2D eigenvalue weighted by molar-refractivity contribution is 7.11. The molecule has 1 aromatic heterocycles. The van der Waals surface area contributed by atoms with Gasteiger partial charge in [-0.1, -0.05) is 12.1 Å². The number of rotatable bonds is 4. The molecule has 1 aromatic carbocycles. The molecule has 0 saturated carbocycles. The summed E-state index contributed by atoms with van der Waals surface area (Å²) in [6, 6.07) is 5.87. The predicted octanol–water partition coefficient (Wildman–Crippen LogP) is 3.66. The van der Waals surface area contributed by atoms with Crippen molar-refractivity contribution in [3.05, 3.63) is 57.3 Å². The minimum Gasteiger partial charge on any atom is -0.457 e. The van der Waals surface area contributed by atoms with Crippen molar-refractivity contribution in [1.29, 1.82) is 0 Å². The molecule has 0 aliphatic carbocycles. The number of carbonyl (C=O) groups excluding carboxylic acids is 1. The van der Waals surface area contributed by atoms with Crippen LogP contribution in [0.2, 0.25) is 0 Å². The van der Waals surface area contributed by atoms with Crippen molar-refractivity contribution in [1.82, 2.24) is 4.98 Å². The van der Waals surface area contributed by atoms with Crippen LogP contribution in [0.15, 0.2) is 30.3 Å². The van der Waals surface area contributed by atoms with E-state index in [9.17, 15) is 9.18 Å². The summed E-state index contributed by atoms with van der Waals surface area (Å²) >= 11 is 1.52. The lowest BCUT2D eigenvalue weighted by Crippen LogP contribution is -2.00. The third-order valence-electron chi connectivity index (χ3n) is 2.63. The van der Waals surface area contributed by atoms with Gasteiger partial charge in [0.2, 0.25) is 0 Å². The average molecular weight is 291 g/mol. The molecule has 0 aliphatic rings. The van der Waals surface area contributed by atoms with E-state index in [0.29, 0.717) is 0 Å². The van der Waals surface area contributed by atoms with E-state index in [0.717, 1.165) is 21.1 Å². The molecule has 1 heterocycles. The molecule has 2 aromatic rings. The molecular weight excluding hydrogens is 277 g/mol. The normalized spacial score (nSPS) is 10.9. The fraction of sp³-hybridized carbons (Fsp3) is 0.200. The van der Waals surface area contributed by atoms with Gasteiger partial charge in [0.15, 0.2) is 0 Å². The van der Waals surface area contributed by atoms with Crippen LogP contribution in [0.5, 0.6) is 0 Å². The van der Waals surface area contributed by atoms with Gasteiger partial charge in [-0.25, -0.2) is 14.2 Å². The molecule has 0 unspecified atom stereocenters. The van der Waals surface area contributed by atoms with Crippen LogP contribution in [0.4, 0.5) is 4.39 Å². The molecular formula is C15H14FNO2S. The van der Waals surface area contributed by atoms with Gasteiger partial charge in [-0.15, -0.1) is 11.3 Å². The largest absolute Gasteiger partial charge is 0.457 e. The third kappa shape index (κ3) is 3.99. The first kappa shape index (κ1) is 14.4. The lowest BCUT2D eigenvalue weighted by atomic mass is 10.2. The Kier molecular flexibility index (Phi) is 4.63. The van der Waals surface area contributed by atoms with E-state index in [1.807, 2.05) is 13.8 Å². The molecule has 104 valence electrons. The number of hydrogen-bond acceptors (Lipinski definition) is 4. The molecule has 0 N–H and O–H groups in total. The zero-order valence-corrected chi connectivity index (χ0v) is 12.0. The summed E-state index contributed by atoms with van der Waals surface area (Å²) in [6.45, 7) is 4.03. The molecule has 3 nitrogen and oxygen atoms in total. The Hall–Kier alpha value is -2.01. The van der Waals surface area contributed by atoms with E-state index >= 15 is 0 Å². The van der Waals surface area contributed by atoms with Gasteiger partial charge in [0.05, 0.1) is 15.6 Å². The molecule has 0 radical (unpaired) electrons. The fourth-order valence-electron chi connectivity index (χ4n) is 1.63. The number of esters is 1. The van der Waals surface area contributed by atoms with Crippen molar-refractivity contribution in [2.24, 2.45) is 0 Å². The van der Waals surface area contributed by atoms with Crippen molar-refractivity contribution in [2.45, 2.75) is 20.5 Å². The van der Waals surface area contributed by atoms with E-state index in [1.54, 1.807) is 18.2 Å². The van der Waals surface area contributed by atoms with Gasteiger partial charge in [0.1, 0.15) is 12.4 Å². The van der Waals surface area contributed by atoms with Crippen molar-refractivity contribution in [2.75, 3.05) is 0 Å². The number of halogens is 1. The highest BCUT2D eigenvalue weighted by Crippen LogP contribution is 2.18. The van der Waals surface area contributed by atoms with Crippen molar-refractivity contribution in [3.63, 3.8) is 0 Å². The maximum absolute atomic E-state index is 12.7.